The van der Waals surface area contributed by atoms with E-state index in [-0.39, 0.29) is 5.91 Å². The Morgan fingerprint density at radius 3 is 2.38 bits per heavy atom. The Morgan fingerprint density at radius 1 is 1.12 bits per heavy atom. The number of hydrogen-bond donors (Lipinski definition) is 1. The summed E-state index contributed by atoms with van der Waals surface area (Å²) in [6.45, 7) is 2.45. The maximum absolute atomic E-state index is 12.7. The Labute approximate surface area is 157 Å². The number of benzene rings is 1. The number of nitrogens with one attached hydrogen (secondary N) is 1. The van der Waals surface area contributed by atoms with Crippen molar-refractivity contribution in [2.75, 3.05) is 33.4 Å². The van der Waals surface area contributed by atoms with Gasteiger partial charge in [0.2, 0.25) is 15.9 Å². The maximum atomic E-state index is 12.7. The van der Waals surface area contributed by atoms with Crippen LogP contribution in [-0.4, -0.2) is 52.0 Å². The number of carbonyl (C=O) groups is 1. The SMILES string of the molecule is COCCCNC(=O)CCc1ccc(S(=O)(=O)N2CCCCCC2)cc1. The Morgan fingerprint density at radius 2 is 1.77 bits per heavy atom. The van der Waals surface area contributed by atoms with Gasteiger partial charge in [-0.1, -0.05) is 25.0 Å². The van der Waals surface area contributed by atoms with Crippen LogP contribution >= 0.6 is 0 Å². The summed E-state index contributed by atoms with van der Waals surface area (Å²) in [4.78, 5) is 12.1. The molecule has 146 valence electrons. The summed E-state index contributed by atoms with van der Waals surface area (Å²) in [5.74, 6) is 0.00219. The van der Waals surface area contributed by atoms with Crippen molar-refractivity contribution < 1.29 is 17.9 Å². The predicted molar refractivity (Wildman–Crippen MR) is 101 cm³/mol. The van der Waals surface area contributed by atoms with E-state index in [1.807, 2.05) is 12.1 Å². The fraction of sp³-hybridized carbons (Fsp3) is 0.632. The van der Waals surface area contributed by atoms with Crippen LogP contribution in [0.4, 0.5) is 0 Å². The van der Waals surface area contributed by atoms with Crippen LogP contribution in [0.15, 0.2) is 29.2 Å². The fourth-order valence-electron chi connectivity index (χ4n) is 3.05. The zero-order chi connectivity index (χ0) is 18.8. The second kappa shape index (κ2) is 10.6. The zero-order valence-corrected chi connectivity index (χ0v) is 16.4. The van der Waals surface area contributed by atoms with Crippen LogP contribution in [0.1, 0.15) is 44.1 Å². The highest BCUT2D eigenvalue weighted by Gasteiger charge is 2.24. The molecule has 7 heteroatoms. The molecule has 0 aromatic heterocycles. The van der Waals surface area contributed by atoms with E-state index in [0.29, 0.717) is 44.0 Å². The zero-order valence-electron chi connectivity index (χ0n) is 15.6. The first kappa shape index (κ1) is 20.9. The topological polar surface area (TPSA) is 75.7 Å². The Hall–Kier alpha value is -1.44. The Bertz CT molecular complexity index is 651. The highest BCUT2D eigenvalue weighted by molar-refractivity contribution is 7.89. The predicted octanol–water partition coefficient (Wildman–Crippen LogP) is 2.34. The van der Waals surface area contributed by atoms with Crippen molar-refractivity contribution in [2.45, 2.75) is 49.8 Å². The number of aryl methyl sites for hydroxylation is 1. The maximum Gasteiger partial charge on any atom is 0.243 e. The van der Waals surface area contributed by atoms with Gasteiger partial charge in [0.15, 0.2) is 0 Å². The van der Waals surface area contributed by atoms with Crippen molar-refractivity contribution >= 4 is 15.9 Å². The number of amides is 1. The van der Waals surface area contributed by atoms with Gasteiger partial charge in [0.05, 0.1) is 4.90 Å². The molecule has 0 bridgehead atoms. The number of hydrogen-bond acceptors (Lipinski definition) is 4. The number of nitrogens with zero attached hydrogens (tertiary/aromatic N) is 1. The summed E-state index contributed by atoms with van der Waals surface area (Å²) >= 11 is 0. The van der Waals surface area contributed by atoms with Crippen molar-refractivity contribution in [3.8, 4) is 0 Å². The molecule has 0 spiro atoms. The molecular formula is C19H30N2O4S. The normalized spacial score (nSPS) is 16.2. The summed E-state index contributed by atoms with van der Waals surface area (Å²) in [6.07, 6.45) is 5.83. The number of ether oxygens (including phenoxy) is 1. The van der Waals surface area contributed by atoms with E-state index < -0.39 is 10.0 Å². The molecule has 1 N–H and O–H groups in total. The minimum atomic E-state index is -3.41. The monoisotopic (exact) mass is 382 g/mol. The Kier molecular flexibility index (Phi) is 8.54. The fourth-order valence-corrected chi connectivity index (χ4v) is 4.57. The molecular weight excluding hydrogens is 352 g/mol. The lowest BCUT2D eigenvalue weighted by atomic mass is 10.1. The average molecular weight is 383 g/mol. The van der Waals surface area contributed by atoms with Crippen LogP contribution in [0.5, 0.6) is 0 Å². The summed E-state index contributed by atoms with van der Waals surface area (Å²) in [5.41, 5.74) is 0.965. The quantitative estimate of drug-likeness (QED) is 0.665. The first-order valence-corrected chi connectivity index (χ1v) is 10.8. The first-order chi connectivity index (χ1) is 12.5. The van der Waals surface area contributed by atoms with Gasteiger partial charge in [-0.15, -0.1) is 0 Å². The van der Waals surface area contributed by atoms with Gasteiger partial charge in [-0.3, -0.25) is 4.79 Å². The molecule has 0 radical (unpaired) electrons. The van der Waals surface area contributed by atoms with Gasteiger partial charge < -0.3 is 10.1 Å². The molecule has 0 saturated carbocycles. The van der Waals surface area contributed by atoms with Gasteiger partial charge in [0, 0.05) is 39.8 Å². The van der Waals surface area contributed by atoms with Crippen molar-refractivity contribution in [1.29, 1.82) is 0 Å². The van der Waals surface area contributed by atoms with Crippen molar-refractivity contribution in [2.24, 2.45) is 0 Å². The summed E-state index contributed by atoms with van der Waals surface area (Å²) in [6, 6.07) is 6.93. The van der Waals surface area contributed by atoms with E-state index in [1.165, 1.54) is 0 Å². The number of sulfonamides is 1. The van der Waals surface area contributed by atoms with Gasteiger partial charge in [-0.2, -0.15) is 4.31 Å². The second-order valence-corrected chi connectivity index (χ2v) is 8.60. The van der Waals surface area contributed by atoms with E-state index in [2.05, 4.69) is 5.32 Å². The van der Waals surface area contributed by atoms with Crippen LogP contribution < -0.4 is 5.32 Å². The van der Waals surface area contributed by atoms with E-state index in [4.69, 9.17) is 4.74 Å². The standard InChI is InChI=1S/C19H30N2O4S/c1-25-16-6-13-20-19(22)12-9-17-7-10-18(11-8-17)26(23,24)21-14-4-2-3-5-15-21/h7-8,10-11H,2-6,9,12-16H2,1H3,(H,20,22). The molecule has 1 aliphatic rings. The van der Waals surface area contributed by atoms with Crippen LogP contribution in [0, 0.1) is 0 Å². The average Bonchev–Trinajstić information content (AvgIpc) is 2.94. The lowest BCUT2D eigenvalue weighted by molar-refractivity contribution is -0.121. The molecule has 1 aromatic rings. The third-order valence-corrected chi connectivity index (χ3v) is 6.53. The first-order valence-electron chi connectivity index (χ1n) is 9.39. The minimum Gasteiger partial charge on any atom is -0.385 e. The van der Waals surface area contributed by atoms with Crippen LogP contribution in [0.25, 0.3) is 0 Å². The third-order valence-electron chi connectivity index (χ3n) is 4.61. The molecule has 0 atom stereocenters. The molecule has 1 aliphatic heterocycles. The lowest BCUT2D eigenvalue weighted by Crippen LogP contribution is -2.31. The van der Waals surface area contributed by atoms with Gasteiger partial charge in [-0.05, 0) is 43.4 Å². The second-order valence-electron chi connectivity index (χ2n) is 6.66. The summed E-state index contributed by atoms with van der Waals surface area (Å²) < 4.78 is 32.0. The largest absolute Gasteiger partial charge is 0.385 e. The molecule has 26 heavy (non-hydrogen) atoms. The van der Waals surface area contributed by atoms with E-state index in [9.17, 15) is 13.2 Å². The van der Waals surface area contributed by atoms with Gasteiger partial charge in [0.25, 0.3) is 0 Å². The highest BCUT2D eigenvalue weighted by Crippen LogP contribution is 2.21. The van der Waals surface area contributed by atoms with E-state index >= 15 is 0 Å². The number of methoxy groups -OCH3 is 1. The minimum absolute atomic E-state index is 0.00219. The van der Waals surface area contributed by atoms with Gasteiger partial charge >= 0.3 is 0 Å². The highest BCUT2D eigenvalue weighted by atomic mass is 32.2. The molecule has 0 unspecified atom stereocenters. The van der Waals surface area contributed by atoms with Crippen molar-refractivity contribution in [3.05, 3.63) is 29.8 Å². The summed E-state index contributed by atoms with van der Waals surface area (Å²) in [7, 11) is -1.77. The van der Waals surface area contributed by atoms with Gasteiger partial charge in [-0.25, -0.2) is 8.42 Å². The van der Waals surface area contributed by atoms with E-state index in [0.717, 1.165) is 37.7 Å². The summed E-state index contributed by atoms with van der Waals surface area (Å²) in [5, 5.41) is 2.85. The van der Waals surface area contributed by atoms with Crippen LogP contribution in [0.2, 0.25) is 0 Å². The molecule has 1 amide bonds. The molecule has 1 fully saturated rings. The van der Waals surface area contributed by atoms with Crippen molar-refractivity contribution in [1.82, 2.24) is 9.62 Å². The van der Waals surface area contributed by atoms with E-state index in [1.54, 1.807) is 23.5 Å². The lowest BCUT2D eigenvalue weighted by Gasteiger charge is -2.20. The molecule has 0 aliphatic carbocycles. The molecule has 2 rings (SSSR count). The smallest absolute Gasteiger partial charge is 0.243 e. The number of rotatable bonds is 9. The molecule has 1 saturated heterocycles. The van der Waals surface area contributed by atoms with Gasteiger partial charge in [0.1, 0.15) is 0 Å². The van der Waals surface area contributed by atoms with Crippen LogP contribution in [-0.2, 0) is 26.0 Å². The van der Waals surface area contributed by atoms with Crippen molar-refractivity contribution in [3.63, 3.8) is 0 Å². The molecule has 1 aromatic carbocycles. The molecule has 1 heterocycles. The molecule has 6 nitrogen and oxygen atoms in total. The number of carbonyl (C=O) groups excluding carboxylic acids is 1. The third kappa shape index (κ3) is 6.37. The Balaban J connectivity index is 1.86. The van der Waals surface area contributed by atoms with Crippen LogP contribution in [0.3, 0.4) is 0 Å².